The topological polar surface area (TPSA) is 17.3 Å². The van der Waals surface area contributed by atoms with Crippen molar-refractivity contribution in [1.82, 2.24) is 9.38 Å². The molecule has 2 heterocycles. The normalized spacial score (nSPS) is 16.7. The molecule has 0 aromatic carbocycles. The standard InChI is InChI=1S/C10H9ClN2/c11-8-3-4-9-5-12-10(7-1-2-7)13(9)6-8/h3-7H,1-2H2. The summed E-state index contributed by atoms with van der Waals surface area (Å²) in [6, 6.07) is 3.90. The minimum Gasteiger partial charge on any atom is -0.302 e. The fourth-order valence-corrected chi connectivity index (χ4v) is 1.79. The van der Waals surface area contributed by atoms with Gasteiger partial charge in [-0.1, -0.05) is 11.6 Å². The molecular weight excluding hydrogens is 184 g/mol. The number of aromatic nitrogens is 2. The molecule has 0 radical (unpaired) electrons. The largest absolute Gasteiger partial charge is 0.302 e. The molecule has 0 atom stereocenters. The Morgan fingerprint density at radius 2 is 2.23 bits per heavy atom. The van der Waals surface area contributed by atoms with Crippen LogP contribution in [-0.2, 0) is 0 Å². The Hall–Kier alpha value is -1.02. The van der Waals surface area contributed by atoms with Crippen molar-refractivity contribution in [2.75, 3.05) is 0 Å². The van der Waals surface area contributed by atoms with Crippen LogP contribution >= 0.6 is 11.6 Å². The van der Waals surface area contributed by atoms with Gasteiger partial charge in [-0.2, -0.15) is 0 Å². The van der Waals surface area contributed by atoms with Crippen molar-refractivity contribution in [2.45, 2.75) is 18.8 Å². The third-order valence-electron chi connectivity index (χ3n) is 2.46. The average molecular weight is 193 g/mol. The molecule has 13 heavy (non-hydrogen) atoms. The maximum absolute atomic E-state index is 5.92. The molecule has 3 rings (SSSR count). The van der Waals surface area contributed by atoms with E-state index in [0.717, 1.165) is 16.4 Å². The second-order valence-electron chi connectivity index (χ2n) is 3.53. The molecule has 0 aliphatic heterocycles. The van der Waals surface area contributed by atoms with Gasteiger partial charge in [0.1, 0.15) is 5.82 Å². The number of nitrogens with zero attached hydrogens (tertiary/aromatic N) is 2. The number of fused-ring (bicyclic) bond motifs is 1. The number of hydrogen-bond donors (Lipinski definition) is 0. The fourth-order valence-electron chi connectivity index (χ4n) is 1.63. The fraction of sp³-hybridized carbons (Fsp3) is 0.300. The molecule has 0 unspecified atom stereocenters. The second kappa shape index (κ2) is 2.48. The van der Waals surface area contributed by atoms with E-state index in [4.69, 9.17) is 11.6 Å². The minimum atomic E-state index is 0.668. The number of halogens is 1. The smallest absolute Gasteiger partial charge is 0.116 e. The highest BCUT2D eigenvalue weighted by Gasteiger charge is 2.27. The van der Waals surface area contributed by atoms with Crippen molar-refractivity contribution in [3.8, 4) is 0 Å². The maximum atomic E-state index is 5.92. The zero-order valence-corrected chi connectivity index (χ0v) is 7.83. The molecule has 1 aliphatic rings. The van der Waals surface area contributed by atoms with Gasteiger partial charge in [0.25, 0.3) is 0 Å². The minimum absolute atomic E-state index is 0.668. The molecule has 66 valence electrons. The summed E-state index contributed by atoms with van der Waals surface area (Å²) < 4.78 is 2.10. The predicted molar refractivity (Wildman–Crippen MR) is 52.2 cm³/mol. The van der Waals surface area contributed by atoms with Crippen LogP contribution in [0.25, 0.3) is 5.52 Å². The lowest BCUT2D eigenvalue weighted by molar-refractivity contribution is 0.921. The van der Waals surface area contributed by atoms with Crippen molar-refractivity contribution in [3.63, 3.8) is 0 Å². The van der Waals surface area contributed by atoms with Gasteiger partial charge in [0.2, 0.25) is 0 Å². The molecule has 3 heteroatoms. The molecule has 2 aromatic heterocycles. The summed E-state index contributed by atoms with van der Waals surface area (Å²) in [6.07, 6.45) is 6.39. The van der Waals surface area contributed by atoms with Crippen molar-refractivity contribution >= 4 is 17.1 Å². The van der Waals surface area contributed by atoms with Crippen molar-refractivity contribution in [1.29, 1.82) is 0 Å². The van der Waals surface area contributed by atoms with Gasteiger partial charge in [-0.3, -0.25) is 0 Å². The molecule has 0 spiro atoms. The quantitative estimate of drug-likeness (QED) is 0.679. The summed E-state index contributed by atoms with van der Waals surface area (Å²) in [5.74, 6) is 1.83. The SMILES string of the molecule is Clc1ccc2cnc(C3CC3)n2c1. The number of imidazole rings is 1. The summed E-state index contributed by atoms with van der Waals surface area (Å²) in [6.45, 7) is 0. The van der Waals surface area contributed by atoms with Crippen molar-refractivity contribution < 1.29 is 0 Å². The summed E-state index contributed by atoms with van der Waals surface area (Å²) in [4.78, 5) is 4.40. The lowest BCUT2D eigenvalue weighted by Crippen LogP contribution is -1.91. The maximum Gasteiger partial charge on any atom is 0.116 e. The highest BCUT2D eigenvalue weighted by molar-refractivity contribution is 6.30. The number of rotatable bonds is 1. The first kappa shape index (κ1) is 7.39. The van der Waals surface area contributed by atoms with E-state index in [1.165, 1.54) is 12.8 Å². The molecule has 0 bridgehead atoms. The van der Waals surface area contributed by atoms with Gasteiger partial charge >= 0.3 is 0 Å². The first-order chi connectivity index (χ1) is 6.34. The summed E-state index contributed by atoms with van der Waals surface area (Å²) in [5, 5.41) is 0.771. The Bertz CT molecular complexity index is 457. The summed E-state index contributed by atoms with van der Waals surface area (Å²) in [5.41, 5.74) is 1.13. The van der Waals surface area contributed by atoms with Gasteiger partial charge in [0.15, 0.2) is 0 Å². The van der Waals surface area contributed by atoms with Crippen LogP contribution in [0.15, 0.2) is 24.5 Å². The van der Waals surface area contributed by atoms with Crippen LogP contribution in [0.5, 0.6) is 0 Å². The first-order valence-electron chi connectivity index (χ1n) is 4.47. The van der Waals surface area contributed by atoms with Crippen LogP contribution < -0.4 is 0 Å². The second-order valence-corrected chi connectivity index (χ2v) is 3.97. The molecule has 2 nitrogen and oxygen atoms in total. The van der Waals surface area contributed by atoms with Crippen LogP contribution in [0, 0.1) is 0 Å². The molecule has 1 aliphatic carbocycles. The molecule has 1 fully saturated rings. The van der Waals surface area contributed by atoms with Gasteiger partial charge < -0.3 is 4.40 Å². The Labute approximate surface area is 81.2 Å². The van der Waals surface area contributed by atoms with E-state index in [9.17, 15) is 0 Å². The van der Waals surface area contributed by atoms with E-state index in [1.807, 2.05) is 24.5 Å². The lowest BCUT2D eigenvalue weighted by Gasteiger charge is -1.98. The molecule has 2 aromatic rings. The summed E-state index contributed by atoms with van der Waals surface area (Å²) >= 11 is 5.92. The van der Waals surface area contributed by atoms with E-state index in [2.05, 4.69) is 9.38 Å². The number of pyridine rings is 1. The van der Waals surface area contributed by atoms with Gasteiger partial charge in [-0.25, -0.2) is 4.98 Å². The van der Waals surface area contributed by atoms with Crippen LogP contribution in [0.3, 0.4) is 0 Å². The number of hydrogen-bond acceptors (Lipinski definition) is 1. The van der Waals surface area contributed by atoms with Crippen molar-refractivity contribution in [3.05, 3.63) is 35.4 Å². The van der Waals surface area contributed by atoms with Crippen LogP contribution in [0.1, 0.15) is 24.6 Å². The molecular formula is C10H9ClN2. The molecule has 0 N–H and O–H groups in total. The van der Waals surface area contributed by atoms with Crippen LogP contribution in [0.2, 0.25) is 5.02 Å². The van der Waals surface area contributed by atoms with E-state index in [1.54, 1.807) is 0 Å². The molecule has 0 amide bonds. The van der Waals surface area contributed by atoms with Crippen molar-refractivity contribution in [2.24, 2.45) is 0 Å². The highest BCUT2D eigenvalue weighted by Crippen LogP contribution is 2.39. The average Bonchev–Trinajstić information content (AvgIpc) is 2.87. The van der Waals surface area contributed by atoms with E-state index >= 15 is 0 Å². The Morgan fingerprint density at radius 3 is 3.00 bits per heavy atom. The van der Waals surface area contributed by atoms with Gasteiger partial charge in [-0.15, -0.1) is 0 Å². The van der Waals surface area contributed by atoms with E-state index in [-0.39, 0.29) is 0 Å². The zero-order valence-electron chi connectivity index (χ0n) is 7.07. The first-order valence-corrected chi connectivity index (χ1v) is 4.85. The third kappa shape index (κ3) is 1.13. The lowest BCUT2D eigenvalue weighted by atomic mass is 10.4. The van der Waals surface area contributed by atoms with Gasteiger partial charge in [0, 0.05) is 12.1 Å². The highest BCUT2D eigenvalue weighted by atomic mass is 35.5. The monoisotopic (exact) mass is 192 g/mol. The third-order valence-corrected chi connectivity index (χ3v) is 2.69. The van der Waals surface area contributed by atoms with E-state index in [0.29, 0.717) is 5.92 Å². The predicted octanol–water partition coefficient (Wildman–Crippen LogP) is 2.87. The summed E-state index contributed by atoms with van der Waals surface area (Å²) in [7, 11) is 0. The van der Waals surface area contributed by atoms with Crippen LogP contribution in [-0.4, -0.2) is 9.38 Å². The van der Waals surface area contributed by atoms with Gasteiger partial charge in [0.05, 0.1) is 16.7 Å². The Kier molecular flexibility index (Phi) is 1.41. The van der Waals surface area contributed by atoms with E-state index < -0.39 is 0 Å². The zero-order chi connectivity index (χ0) is 8.84. The van der Waals surface area contributed by atoms with Gasteiger partial charge in [-0.05, 0) is 25.0 Å². The Balaban J connectivity index is 2.29. The molecule has 0 saturated heterocycles. The Morgan fingerprint density at radius 1 is 1.38 bits per heavy atom. The molecule has 1 saturated carbocycles. The van der Waals surface area contributed by atoms with Crippen LogP contribution in [0.4, 0.5) is 0 Å².